The summed E-state index contributed by atoms with van der Waals surface area (Å²) in [6.07, 6.45) is 2.33. The van der Waals surface area contributed by atoms with Gasteiger partial charge in [0.1, 0.15) is 0 Å². The predicted molar refractivity (Wildman–Crippen MR) is 66.2 cm³/mol. The lowest BCUT2D eigenvalue weighted by atomic mass is 10.5. The van der Waals surface area contributed by atoms with Gasteiger partial charge < -0.3 is 14.4 Å². The number of methoxy groups -OCH3 is 2. The summed E-state index contributed by atoms with van der Waals surface area (Å²) in [6.45, 7) is 0.739. The van der Waals surface area contributed by atoms with Crippen LogP contribution >= 0.6 is 11.6 Å². The van der Waals surface area contributed by atoms with Gasteiger partial charge >= 0.3 is 0 Å². The second kappa shape index (κ2) is 5.40. The van der Waals surface area contributed by atoms with Crippen LogP contribution in [0.5, 0.6) is 11.8 Å². The molecule has 1 aromatic heterocycles. The van der Waals surface area contributed by atoms with Crippen LogP contribution in [-0.4, -0.2) is 42.7 Å². The highest BCUT2D eigenvalue weighted by Gasteiger charge is 2.31. The smallest absolute Gasteiger partial charge is 0.232 e. The summed E-state index contributed by atoms with van der Waals surface area (Å²) < 4.78 is 10.3. The van der Waals surface area contributed by atoms with Gasteiger partial charge in [0.15, 0.2) is 0 Å². The minimum Gasteiger partial charge on any atom is -0.481 e. The molecule has 0 unspecified atom stereocenters. The van der Waals surface area contributed by atoms with Gasteiger partial charge in [-0.05, 0) is 12.8 Å². The Labute approximate surface area is 106 Å². The largest absolute Gasteiger partial charge is 0.481 e. The van der Waals surface area contributed by atoms with Crippen molar-refractivity contribution in [2.75, 3.05) is 31.5 Å². The topological polar surface area (TPSA) is 47.5 Å². The van der Waals surface area contributed by atoms with Crippen molar-refractivity contribution in [2.24, 2.45) is 0 Å². The lowest BCUT2D eigenvalue weighted by molar-refractivity contribution is 0.371. The molecule has 0 aromatic carbocycles. The summed E-state index contributed by atoms with van der Waals surface area (Å²) in [7, 11) is 3.16. The van der Waals surface area contributed by atoms with E-state index < -0.39 is 0 Å². The van der Waals surface area contributed by atoms with Crippen molar-refractivity contribution in [3.63, 3.8) is 0 Å². The quantitative estimate of drug-likeness (QED) is 0.726. The minimum atomic E-state index is 0.505. The molecule has 1 aliphatic rings. The van der Waals surface area contributed by atoms with Crippen LogP contribution in [-0.2, 0) is 0 Å². The third-order valence-electron chi connectivity index (χ3n) is 2.66. The molecule has 0 radical (unpaired) electrons. The van der Waals surface area contributed by atoms with E-state index in [0.29, 0.717) is 29.6 Å². The minimum absolute atomic E-state index is 0.505. The molecule has 0 amide bonds. The van der Waals surface area contributed by atoms with Crippen LogP contribution in [0, 0.1) is 0 Å². The molecule has 6 heteroatoms. The summed E-state index contributed by atoms with van der Waals surface area (Å²) in [4.78, 5) is 10.8. The van der Waals surface area contributed by atoms with Crippen molar-refractivity contribution in [3.8, 4) is 11.8 Å². The van der Waals surface area contributed by atoms with Crippen molar-refractivity contribution in [1.29, 1.82) is 0 Å². The zero-order valence-corrected chi connectivity index (χ0v) is 10.8. The first-order valence-corrected chi connectivity index (χ1v) is 6.11. The van der Waals surface area contributed by atoms with Crippen LogP contribution in [0.1, 0.15) is 12.8 Å². The Morgan fingerprint density at radius 2 is 1.88 bits per heavy atom. The van der Waals surface area contributed by atoms with Crippen molar-refractivity contribution in [3.05, 3.63) is 6.07 Å². The lowest BCUT2D eigenvalue weighted by Gasteiger charge is -2.21. The molecule has 0 N–H and O–H groups in total. The molecule has 94 valence electrons. The molecule has 0 aliphatic heterocycles. The number of halogens is 1. The maximum atomic E-state index is 5.81. The Bertz CT molecular complexity index is 363. The molecular formula is C11H16ClN3O2. The van der Waals surface area contributed by atoms with Gasteiger partial charge in [0, 0.05) is 18.5 Å². The first-order valence-electron chi connectivity index (χ1n) is 5.58. The van der Waals surface area contributed by atoms with Gasteiger partial charge in [0.2, 0.25) is 17.7 Å². The van der Waals surface area contributed by atoms with Crippen LogP contribution in [0.25, 0.3) is 0 Å². The highest BCUT2D eigenvalue weighted by atomic mass is 35.5. The van der Waals surface area contributed by atoms with Crippen LogP contribution in [0.4, 0.5) is 5.95 Å². The molecule has 0 saturated heterocycles. The predicted octanol–water partition coefficient (Wildman–Crippen LogP) is 1.70. The molecule has 1 saturated carbocycles. The fourth-order valence-electron chi connectivity index (χ4n) is 1.65. The number of aromatic nitrogens is 2. The number of hydrogen-bond acceptors (Lipinski definition) is 5. The van der Waals surface area contributed by atoms with Crippen molar-refractivity contribution in [1.82, 2.24) is 9.97 Å². The second-order valence-electron chi connectivity index (χ2n) is 3.87. The molecule has 1 aromatic rings. The summed E-state index contributed by atoms with van der Waals surface area (Å²) >= 11 is 5.81. The van der Waals surface area contributed by atoms with Crippen molar-refractivity contribution in [2.45, 2.75) is 18.9 Å². The summed E-state index contributed by atoms with van der Waals surface area (Å²) in [5.74, 6) is 2.20. The Kier molecular flexibility index (Phi) is 3.89. The van der Waals surface area contributed by atoms with Gasteiger partial charge in [-0.3, -0.25) is 0 Å². The Morgan fingerprint density at radius 3 is 2.29 bits per heavy atom. The Morgan fingerprint density at radius 1 is 1.29 bits per heavy atom. The van der Waals surface area contributed by atoms with Gasteiger partial charge in [0.05, 0.1) is 20.3 Å². The van der Waals surface area contributed by atoms with Gasteiger partial charge in [0.25, 0.3) is 0 Å². The number of alkyl halides is 1. The van der Waals surface area contributed by atoms with E-state index in [-0.39, 0.29) is 0 Å². The average molecular weight is 258 g/mol. The Hall–Kier alpha value is -1.23. The molecule has 1 heterocycles. The van der Waals surface area contributed by atoms with E-state index in [1.807, 2.05) is 0 Å². The molecule has 1 aliphatic carbocycles. The zero-order chi connectivity index (χ0) is 12.3. The third-order valence-corrected chi connectivity index (χ3v) is 2.82. The van der Waals surface area contributed by atoms with E-state index in [2.05, 4.69) is 14.9 Å². The zero-order valence-electron chi connectivity index (χ0n) is 10.0. The van der Waals surface area contributed by atoms with Crippen LogP contribution in [0.2, 0.25) is 0 Å². The van der Waals surface area contributed by atoms with Gasteiger partial charge in [-0.25, -0.2) is 0 Å². The molecule has 17 heavy (non-hydrogen) atoms. The number of anilines is 1. The SMILES string of the molecule is COc1cc(OC)nc(N(CCCl)C2CC2)n1. The van der Waals surface area contributed by atoms with E-state index in [1.54, 1.807) is 20.3 Å². The van der Waals surface area contributed by atoms with Crippen LogP contribution in [0.3, 0.4) is 0 Å². The van der Waals surface area contributed by atoms with E-state index in [9.17, 15) is 0 Å². The number of nitrogens with zero attached hydrogens (tertiary/aromatic N) is 3. The van der Waals surface area contributed by atoms with Crippen molar-refractivity contribution < 1.29 is 9.47 Å². The highest BCUT2D eigenvalue weighted by Crippen LogP contribution is 2.31. The van der Waals surface area contributed by atoms with Crippen LogP contribution in [0.15, 0.2) is 6.07 Å². The van der Waals surface area contributed by atoms with E-state index in [1.165, 1.54) is 12.8 Å². The van der Waals surface area contributed by atoms with E-state index in [4.69, 9.17) is 21.1 Å². The molecule has 5 nitrogen and oxygen atoms in total. The molecular weight excluding hydrogens is 242 g/mol. The lowest BCUT2D eigenvalue weighted by Crippen LogP contribution is -2.29. The van der Waals surface area contributed by atoms with Gasteiger partial charge in [-0.2, -0.15) is 9.97 Å². The third kappa shape index (κ3) is 2.91. The summed E-state index contributed by atoms with van der Waals surface area (Å²) in [6, 6.07) is 2.17. The summed E-state index contributed by atoms with van der Waals surface area (Å²) in [5.41, 5.74) is 0. The van der Waals surface area contributed by atoms with Crippen molar-refractivity contribution >= 4 is 17.5 Å². The maximum absolute atomic E-state index is 5.81. The number of hydrogen-bond donors (Lipinski definition) is 0. The van der Waals surface area contributed by atoms with Gasteiger partial charge in [-0.1, -0.05) is 0 Å². The number of rotatable bonds is 6. The second-order valence-corrected chi connectivity index (χ2v) is 4.24. The van der Waals surface area contributed by atoms with Crippen LogP contribution < -0.4 is 14.4 Å². The molecule has 2 rings (SSSR count). The average Bonchev–Trinajstić information content (AvgIpc) is 3.19. The normalized spacial score (nSPS) is 14.5. The highest BCUT2D eigenvalue weighted by molar-refractivity contribution is 6.18. The Balaban J connectivity index is 2.27. The maximum Gasteiger partial charge on any atom is 0.232 e. The molecule has 0 atom stereocenters. The van der Waals surface area contributed by atoms with E-state index in [0.717, 1.165) is 6.54 Å². The monoisotopic (exact) mass is 257 g/mol. The standard InChI is InChI=1S/C11H16ClN3O2/c1-16-9-7-10(17-2)14-11(13-9)15(6-5-12)8-3-4-8/h7-8H,3-6H2,1-2H3. The first-order chi connectivity index (χ1) is 8.28. The molecule has 0 bridgehead atoms. The van der Waals surface area contributed by atoms with E-state index >= 15 is 0 Å². The van der Waals surface area contributed by atoms with Gasteiger partial charge in [-0.15, -0.1) is 11.6 Å². The fourth-order valence-corrected chi connectivity index (χ4v) is 1.84. The molecule has 1 fully saturated rings. The number of ether oxygens (including phenoxy) is 2. The molecule has 0 spiro atoms. The first kappa shape index (κ1) is 12.2. The fraction of sp³-hybridized carbons (Fsp3) is 0.636. The summed E-state index contributed by atoms with van der Waals surface area (Å²) in [5, 5.41) is 0.